The molecule has 72 heavy (non-hydrogen) atoms. The predicted molar refractivity (Wildman–Crippen MR) is 310 cm³/mol. The maximum absolute atomic E-state index is 16.9. The number of halogens is 1. The Balaban J connectivity index is 0.00000963. The van der Waals surface area contributed by atoms with Crippen LogP contribution in [0, 0.1) is 0 Å². The van der Waals surface area contributed by atoms with Gasteiger partial charge in [0.2, 0.25) is 0 Å². The van der Waals surface area contributed by atoms with Crippen molar-refractivity contribution >= 4 is 52.9 Å². The Morgan fingerprint density at radius 1 is 0.403 bits per heavy atom. The van der Waals surface area contributed by atoms with Gasteiger partial charge in [-0.15, -0.1) is 12.4 Å². The van der Waals surface area contributed by atoms with Gasteiger partial charge < -0.3 is 42.0 Å². The van der Waals surface area contributed by atoms with Crippen LogP contribution in [0.25, 0.3) is 32.7 Å². The number of phosphoric acid groups is 1. The van der Waals surface area contributed by atoms with Crippen LogP contribution in [0.4, 0.5) is 0 Å². The molecule has 0 aliphatic carbocycles. The molecule has 3 heterocycles. The van der Waals surface area contributed by atoms with Crippen LogP contribution >= 0.6 is 20.2 Å². The van der Waals surface area contributed by atoms with E-state index in [4.69, 9.17) is 13.6 Å². The van der Waals surface area contributed by atoms with Gasteiger partial charge >= 0.3 is 7.82 Å². The Morgan fingerprint density at radius 2 is 0.625 bits per heavy atom. The number of likely N-dealkylation sites (N-methyl/N-ethyl adjacent to an activating group) is 3. The summed E-state index contributed by atoms with van der Waals surface area (Å²) < 4.78 is 46.0. The summed E-state index contributed by atoms with van der Waals surface area (Å²) in [5.41, 5.74) is 8.78. The second-order valence-corrected chi connectivity index (χ2v) is 28.5. The highest BCUT2D eigenvalue weighted by atomic mass is 35.5. The van der Waals surface area contributed by atoms with Crippen LogP contribution < -0.4 is 13.6 Å². The molecule has 0 bridgehead atoms. The normalized spacial score (nSPS) is 13.7. The molecule has 0 aliphatic rings. The van der Waals surface area contributed by atoms with E-state index < -0.39 is 7.82 Å². The zero-order valence-corrected chi connectivity index (χ0v) is 50.8. The van der Waals surface area contributed by atoms with Gasteiger partial charge in [-0.2, -0.15) is 4.57 Å². The van der Waals surface area contributed by atoms with Crippen LogP contribution in [-0.2, 0) is 56.7 Å². The van der Waals surface area contributed by atoms with Gasteiger partial charge in [0, 0.05) is 85.7 Å². The number of fused-ring (bicyclic) bond motifs is 3. The van der Waals surface area contributed by atoms with E-state index in [2.05, 4.69) is 214 Å². The van der Waals surface area contributed by atoms with Gasteiger partial charge in [-0.3, -0.25) is 0 Å². The van der Waals surface area contributed by atoms with Crippen molar-refractivity contribution in [3.63, 3.8) is 0 Å². The number of benzene rings is 3. The van der Waals surface area contributed by atoms with Gasteiger partial charge in [-0.05, 0) is 177 Å². The van der Waals surface area contributed by atoms with E-state index in [1.165, 1.54) is 33.8 Å². The summed E-state index contributed by atoms with van der Waals surface area (Å²) in [5, 5.41) is 2.79. The van der Waals surface area contributed by atoms with Crippen molar-refractivity contribution in [2.45, 2.75) is 177 Å². The van der Waals surface area contributed by atoms with Gasteiger partial charge in [0.1, 0.15) is 17.2 Å². The fraction of sp³-hybridized carbons (Fsp3) is 0.600. The standard InChI is InChI=1S/C60H93N6O4P.ClH/c1-55(2,3)52-40(34-37-61(19)20)49-43(64(52)58(10,11)12)28-25-31-46(49)68-71(67,69-47-32-26-29-44-50(47)41(35-38-62(21)22)53(56(4,5)6)65(44)59(13,14)15)70-48-33-27-30-45-51(48)42(36-39-63(23)24)54(57(7,8)9)66(45)60(16,17)18;/h25-33H,34-39H2,1-24H3;1H. The zero-order chi connectivity index (χ0) is 53.4. The number of nitrogens with zero attached hydrogens (tertiary/aromatic N) is 6. The van der Waals surface area contributed by atoms with Crippen molar-refractivity contribution in [1.82, 2.24) is 28.4 Å². The lowest BCUT2D eigenvalue weighted by Crippen LogP contribution is -2.30. The van der Waals surface area contributed by atoms with Crippen LogP contribution in [0.1, 0.15) is 158 Å². The highest BCUT2D eigenvalue weighted by Gasteiger charge is 2.41. The molecule has 10 nitrogen and oxygen atoms in total. The average molecular weight is 1030 g/mol. The highest BCUT2D eigenvalue weighted by Crippen LogP contribution is 2.57. The largest absolute Gasteiger partial charge is 0.647 e. The summed E-state index contributed by atoms with van der Waals surface area (Å²) in [7, 11) is 8.00. The Labute approximate surface area is 441 Å². The van der Waals surface area contributed by atoms with E-state index in [9.17, 15) is 0 Å². The molecule has 0 aliphatic heterocycles. The molecule has 3 aromatic carbocycles. The van der Waals surface area contributed by atoms with Crippen LogP contribution in [0.5, 0.6) is 17.2 Å². The lowest BCUT2D eigenvalue weighted by Gasteiger charge is -2.32. The molecule has 6 rings (SSSR count). The average Bonchev–Trinajstić information content (AvgIpc) is 3.86. The Hall–Kier alpha value is -3.92. The highest BCUT2D eigenvalue weighted by molar-refractivity contribution is 7.49. The van der Waals surface area contributed by atoms with Gasteiger partial charge in [0.05, 0.1) is 16.6 Å². The van der Waals surface area contributed by atoms with Crippen LogP contribution in [0.2, 0.25) is 0 Å². The molecule has 0 amide bonds. The first-order valence-corrected chi connectivity index (χ1v) is 27.5. The summed E-state index contributed by atoms with van der Waals surface area (Å²) >= 11 is 0. The summed E-state index contributed by atoms with van der Waals surface area (Å²) in [4.78, 5) is 6.67. The summed E-state index contributed by atoms with van der Waals surface area (Å²) in [5.74, 6) is 1.41. The van der Waals surface area contributed by atoms with Crippen molar-refractivity contribution in [2.75, 3.05) is 61.9 Å². The maximum Gasteiger partial charge on any atom is 0.647 e. The number of rotatable bonds is 15. The Kier molecular flexibility index (Phi) is 16.9. The molecule has 0 atom stereocenters. The Morgan fingerprint density at radius 3 is 0.806 bits per heavy atom. The molecule has 0 unspecified atom stereocenters. The van der Waals surface area contributed by atoms with Crippen molar-refractivity contribution in [3.05, 3.63) is 88.4 Å². The lowest BCUT2D eigenvalue weighted by atomic mass is 9.86. The van der Waals surface area contributed by atoms with E-state index in [0.717, 1.165) is 71.6 Å². The maximum atomic E-state index is 16.9. The van der Waals surface area contributed by atoms with Gasteiger partial charge in [0.15, 0.2) is 0 Å². The van der Waals surface area contributed by atoms with Crippen molar-refractivity contribution in [2.24, 2.45) is 0 Å². The lowest BCUT2D eigenvalue weighted by molar-refractivity contribution is 0.301. The molecular weight excluding hydrogens is 935 g/mol. The molecule has 0 spiro atoms. The third-order valence-electron chi connectivity index (χ3n) is 13.4. The minimum Gasteiger partial charge on any atom is -0.385 e. The molecule has 400 valence electrons. The van der Waals surface area contributed by atoms with E-state index in [0.29, 0.717) is 17.2 Å². The fourth-order valence-corrected chi connectivity index (χ4v) is 12.3. The van der Waals surface area contributed by atoms with Crippen LogP contribution in [0.3, 0.4) is 0 Å². The smallest absolute Gasteiger partial charge is 0.385 e. The molecule has 6 aromatic rings. The predicted octanol–water partition coefficient (Wildman–Crippen LogP) is 15.1. The number of aromatic nitrogens is 3. The minimum atomic E-state index is -4.69. The third-order valence-corrected chi connectivity index (χ3v) is 14.6. The molecule has 3 aromatic heterocycles. The van der Waals surface area contributed by atoms with E-state index in [-0.39, 0.29) is 45.3 Å². The van der Waals surface area contributed by atoms with Crippen molar-refractivity contribution in [1.29, 1.82) is 0 Å². The topological polar surface area (TPSA) is 69.3 Å². The fourth-order valence-electron chi connectivity index (χ4n) is 11.0. The quantitative estimate of drug-likeness (QED) is 0.0949. The third kappa shape index (κ3) is 12.1. The van der Waals surface area contributed by atoms with E-state index in [1.54, 1.807) is 0 Å². The minimum absolute atomic E-state index is 0. The monoisotopic (exact) mass is 1030 g/mol. The number of hydrogen-bond acceptors (Lipinski definition) is 7. The van der Waals surface area contributed by atoms with Gasteiger partial charge in [-0.25, -0.2) is 0 Å². The molecular formula is C60H94ClN6O4P. The molecule has 0 saturated heterocycles. The number of hydrogen-bond donors (Lipinski definition) is 0. The van der Waals surface area contributed by atoms with E-state index in [1.807, 2.05) is 36.4 Å². The first-order valence-electron chi connectivity index (χ1n) is 26.0. The molecule has 0 saturated carbocycles. The van der Waals surface area contributed by atoms with Crippen LogP contribution in [-0.4, -0.2) is 90.3 Å². The first kappa shape index (κ1) is 59.0. The molecule has 0 N–H and O–H groups in total. The molecule has 0 radical (unpaired) electrons. The number of phosphoric ester groups is 1. The second kappa shape index (κ2) is 20.7. The zero-order valence-electron chi connectivity index (χ0n) is 49.1. The second-order valence-electron chi connectivity index (χ2n) is 27.1. The molecule has 0 fully saturated rings. The summed E-state index contributed by atoms with van der Waals surface area (Å²) in [6, 6.07) is 18.4. The molecule has 12 heteroatoms. The summed E-state index contributed by atoms with van der Waals surface area (Å²) in [6.45, 7) is 43.4. The van der Waals surface area contributed by atoms with Gasteiger partial charge in [0.25, 0.3) is 0 Å². The first-order chi connectivity index (χ1) is 32.4. The Bertz CT molecular complexity index is 2620. The van der Waals surface area contributed by atoms with Crippen LogP contribution in [0.15, 0.2) is 54.6 Å². The van der Waals surface area contributed by atoms with Crippen molar-refractivity contribution in [3.8, 4) is 17.2 Å². The van der Waals surface area contributed by atoms with E-state index >= 15 is 4.57 Å². The summed E-state index contributed by atoms with van der Waals surface area (Å²) in [6.07, 6.45) is 2.29. The van der Waals surface area contributed by atoms with Crippen molar-refractivity contribution < 1.29 is 18.1 Å². The SMILES string of the molecule is CN(C)CCc1c(C(C)(C)C)n(C(C)(C)C)c2cccc(OP(=O)(Oc3cccc4c3c(CCN(C)C)c(C(C)(C)C)n4C(C)(C)C)Oc3cccc4c3c(CCN(C)C)c(C(C)(C)C)n4C(C)(C)C)c12.Cl. The van der Waals surface area contributed by atoms with Gasteiger partial charge in [-0.1, -0.05) is 80.5 Å².